The van der Waals surface area contributed by atoms with Gasteiger partial charge >= 0.3 is 0 Å². The number of fused-ring (bicyclic) bond motifs is 1. The molecular weight excluding hydrogens is 226 g/mol. The lowest BCUT2D eigenvalue weighted by atomic mass is 9.98. The smallest absolute Gasteiger partial charge is 0.237 e. The van der Waals surface area contributed by atoms with E-state index in [9.17, 15) is 4.79 Å². The molecule has 98 valence electrons. The maximum atomic E-state index is 11.8. The predicted molar refractivity (Wildman–Crippen MR) is 70.3 cm³/mol. The molecule has 3 heterocycles. The Morgan fingerprint density at radius 3 is 3.00 bits per heavy atom. The molecule has 4 nitrogen and oxygen atoms in total. The summed E-state index contributed by atoms with van der Waals surface area (Å²) in [6.45, 7) is 5.99. The van der Waals surface area contributed by atoms with E-state index in [4.69, 9.17) is 0 Å². The average Bonchev–Trinajstić information content (AvgIpc) is 2.91. The number of aromatic nitrogens is 1. The molecule has 1 aromatic rings. The van der Waals surface area contributed by atoms with Crippen LogP contribution >= 0.6 is 0 Å². The Bertz CT molecular complexity index is 464. The number of piperazine rings is 1. The van der Waals surface area contributed by atoms with E-state index >= 15 is 0 Å². The maximum Gasteiger partial charge on any atom is 0.237 e. The summed E-state index contributed by atoms with van der Waals surface area (Å²) < 4.78 is 2.41. The highest BCUT2D eigenvalue weighted by Gasteiger charge is 2.32. The third-order valence-corrected chi connectivity index (χ3v) is 4.09. The van der Waals surface area contributed by atoms with Crippen molar-refractivity contribution < 1.29 is 4.79 Å². The van der Waals surface area contributed by atoms with Gasteiger partial charge in [-0.3, -0.25) is 10.1 Å². The molecular formula is C14H21N3O. The summed E-state index contributed by atoms with van der Waals surface area (Å²) in [4.78, 5) is 11.8. The van der Waals surface area contributed by atoms with Crippen molar-refractivity contribution in [3.05, 3.63) is 23.5 Å². The van der Waals surface area contributed by atoms with Crippen LogP contribution in [0.2, 0.25) is 0 Å². The van der Waals surface area contributed by atoms with Gasteiger partial charge < -0.3 is 9.88 Å². The van der Waals surface area contributed by atoms with Gasteiger partial charge in [-0.15, -0.1) is 0 Å². The van der Waals surface area contributed by atoms with Crippen molar-refractivity contribution in [1.82, 2.24) is 15.2 Å². The van der Waals surface area contributed by atoms with Crippen molar-refractivity contribution in [2.45, 2.75) is 45.3 Å². The summed E-state index contributed by atoms with van der Waals surface area (Å²) in [6.07, 6.45) is 2.43. The van der Waals surface area contributed by atoms with Crippen LogP contribution in [0, 0.1) is 5.92 Å². The van der Waals surface area contributed by atoms with Gasteiger partial charge in [0.2, 0.25) is 5.91 Å². The Labute approximate surface area is 108 Å². The van der Waals surface area contributed by atoms with Crippen molar-refractivity contribution in [1.29, 1.82) is 0 Å². The van der Waals surface area contributed by atoms with Crippen molar-refractivity contribution in [2.75, 3.05) is 6.54 Å². The van der Waals surface area contributed by atoms with Crippen LogP contribution in [0.3, 0.4) is 0 Å². The molecule has 0 aliphatic carbocycles. The lowest BCUT2D eigenvalue weighted by Gasteiger charge is -2.33. The Kier molecular flexibility index (Phi) is 2.90. The van der Waals surface area contributed by atoms with Crippen LogP contribution in [0.25, 0.3) is 0 Å². The molecule has 0 spiro atoms. The van der Waals surface area contributed by atoms with Gasteiger partial charge in [-0.2, -0.15) is 0 Å². The van der Waals surface area contributed by atoms with Gasteiger partial charge in [0.05, 0.1) is 12.1 Å². The van der Waals surface area contributed by atoms with E-state index in [1.807, 2.05) is 0 Å². The van der Waals surface area contributed by atoms with Gasteiger partial charge in [0, 0.05) is 24.5 Å². The van der Waals surface area contributed by atoms with Crippen LogP contribution in [0.4, 0.5) is 0 Å². The van der Waals surface area contributed by atoms with E-state index in [2.05, 4.69) is 41.2 Å². The number of rotatable bonds is 2. The fourth-order valence-electron chi connectivity index (χ4n) is 3.09. The number of carbonyl (C=O) groups is 1. The van der Waals surface area contributed by atoms with Crippen LogP contribution in [0.1, 0.15) is 37.7 Å². The number of hydrogen-bond donors (Lipinski definition) is 2. The zero-order valence-electron chi connectivity index (χ0n) is 11.1. The zero-order chi connectivity index (χ0) is 12.7. The summed E-state index contributed by atoms with van der Waals surface area (Å²) in [5, 5.41) is 6.53. The second-order valence-electron chi connectivity index (χ2n) is 5.69. The number of amides is 1. The molecule has 1 amide bonds. The van der Waals surface area contributed by atoms with Crippen LogP contribution < -0.4 is 10.6 Å². The standard InChI is InChI=1S/C14H21N3O/c1-9(2)13-14(18)15-8-11(16-13)12-6-5-10-4-3-7-17(10)12/h5-6,9,11,13,16H,3-4,7-8H2,1-2H3,(H,15,18). The molecule has 2 N–H and O–H groups in total. The molecule has 0 saturated carbocycles. The molecule has 2 aliphatic heterocycles. The van der Waals surface area contributed by atoms with E-state index in [1.165, 1.54) is 24.2 Å². The highest BCUT2D eigenvalue weighted by atomic mass is 16.2. The van der Waals surface area contributed by atoms with Crippen LogP contribution in [-0.2, 0) is 17.8 Å². The number of hydrogen-bond acceptors (Lipinski definition) is 2. The third-order valence-electron chi connectivity index (χ3n) is 4.09. The second-order valence-corrected chi connectivity index (χ2v) is 5.69. The summed E-state index contributed by atoms with van der Waals surface area (Å²) in [5.41, 5.74) is 2.76. The topological polar surface area (TPSA) is 46.1 Å². The van der Waals surface area contributed by atoms with Crippen molar-refractivity contribution in [2.24, 2.45) is 5.92 Å². The van der Waals surface area contributed by atoms with Crippen LogP contribution in [0.5, 0.6) is 0 Å². The van der Waals surface area contributed by atoms with E-state index in [-0.39, 0.29) is 18.0 Å². The number of nitrogens with zero attached hydrogens (tertiary/aromatic N) is 1. The summed E-state index contributed by atoms with van der Waals surface area (Å²) in [6, 6.07) is 4.62. The molecule has 18 heavy (non-hydrogen) atoms. The first kappa shape index (κ1) is 11.8. The van der Waals surface area contributed by atoms with Gasteiger partial charge in [0.25, 0.3) is 0 Å². The molecule has 2 unspecified atom stereocenters. The predicted octanol–water partition coefficient (Wildman–Crippen LogP) is 1.22. The van der Waals surface area contributed by atoms with Crippen molar-refractivity contribution >= 4 is 5.91 Å². The van der Waals surface area contributed by atoms with Crippen molar-refractivity contribution in [3.63, 3.8) is 0 Å². The normalized spacial score (nSPS) is 27.4. The summed E-state index contributed by atoms with van der Waals surface area (Å²) in [7, 11) is 0. The molecule has 4 heteroatoms. The minimum Gasteiger partial charge on any atom is -0.353 e. The minimum atomic E-state index is -0.0729. The number of carbonyl (C=O) groups excluding carboxylic acids is 1. The highest BCUT2D eigenvalue weighted by molar-refractivity contribution is 5.82. The Morgan fingerprint density at radius 1 is 1.39 bits per heavy atom. The van der Waals surface area contributed by atoms with E-state index in [1.54, 1.807) is 0 Å². The zero-order valence-corrected chi connectivity index (χ0v) is 11.1. The first-order valence-electron chi connectivity index (χ1n) is 6.89. The van der Waals surface area contributed by atoms with Crippen LogP contribution in [0.15, 0.2) is 12.1 Å². The molecule has 1 fully saturated rings. The first-order valence-corrected chi connectivity index (χ1v) is 6.89. The lowest BCUT2D eigenvalue weighted by Crippen LogP contribution is -2.56. The fraction of sp³-hybridized carbons (Fsp3) is 0.643. The Morgan fingerprint density at radius 2 is 2.22 bits per heavy atom. The van der Waals surface area contributed by atoms with Crippen LogP contribution in [-0.4, -0.2) is 23.1 Å². The maximum absolute atomic E-state index is 11.8. The molecule has 3 rings (SSSR count). The van der Waals surface area contributed by atoms with Gasteiger partial charge in [-0.1, -0.05) is 13.8 Å². The van der Waals surface area contributed by atoms with E-state index in [0.29, 0.717) is 12.5 Å². The molecule has 1 saturated heterocycles. The van der Waals surface area contributed by atoms with E-state index < -0.39 is 0 Å². The molecule has 2 atom stereocenters. The summed E-state index contributed by atoms with van der Waals surface area (Å²) >= 11 is 0. The Hall–Kier alpha value is -1.29. The van der Waals surface area contributed by atoms with E-state index in [0.717, 1.165) is 6.54 Å². The third kappa shape index (κ3) is 1.85. The molecule has 0 bridgehead atoms. The van der Waals surface area contributed by atoms with Gasteiger partial charge in [0.15, 0.2) is 0 Å². The van der Waals surface area contributed by atoms with Gasteiger partial charge in [0.1, 0.15) is 0 Å². The highest BCUT2D eigenvalue weighted by Crippen LogP contribution is 2.25. The number of aryl methyl sites for hydroxylation is 1. The largest absolute Gasteiger partial charge is 0.353 e. The first-order chi connectivity index (χ1) is 8.66. The average molecular weight is 247 g/mol. The molecule has 0 radical (unpaired) electrons. The molecule has 2 aliphatic rings. The Balaban J connectivity index is 1.82. The fourth-order valence-corrected chi connectivity index (χ4v) is 3.09. The minimum absolute atomic E-state index is 0.0729. The molecule has 0 aromatic carbocycles. The van der Waals surface area contributed by atoms with Gasteiger partial charge in [-0.05, 0) is 30.9 Å². The second kappa shape index (κ2) is 4.43. The monoisotopic (exact) mass is 247 g/mol. The lowest BCUT2D eigenvalue weighted by molar-refractivity contribution is -0.126. The van der Waals surface area contributed by atoms with Gasteiger partial charge in [-0.25, -0.2) is 0 Å². The summed E-state index contributed by atoms with van der Waals surface area (Å²) in [5.74, 6) is 0.454. The SMILES string of the molecule is CC(C)C1NC(c2ccc3n2CCC3)CNC1=O. The quantitative estimate of drug-likeness (QED) is 0.825. The molecule has 1 aromatic heterocycles. The number of nitrogens with one attached hydrogen (secondary N) is 2. The van der Waals surface area contributed by atoms with Crippen molar-refractivity contribution in [3.8, 4) is 0 Å².